The van der Waals surface area contributed by atoms with Gasteiger partial charge in [0.05, 0.1) is 6.54 Å². The number of piperidine rings is 1. The van der Waals surface area contributed by atoms with Crippen LogP contribution in [-0.4, -0.2) is 60.4 Å². The first-order valence-electron chi connectivity index (χ1n) is 10.1. The Morgan fingerprint density at radius 1 is 1.23 bits per heavy atom. The number of nitrogens with one attached hydrogen (secondary N) is 1. The molecular formula is C21H27N3O2. The quantitative estimate of drug-likeness (QED) is 0.872. The summed E-state index contributed by atoms with van der Waals surface area (Å²) in [6.07, 6.45) is 5.27. The van der Waals surface area contributed by atoms with Gasteiger partial charge in [-0.15, -0.1) is 0 Å². The molecule has 5 heteroatoms. The van der Waals surface area contributed by atoms with E-state index in [2.05, 4.69) is 34.5 Å². The molecule has 3 fully saturated rings. The zero-order valence-corrected chi connectivity index (χ0v) is 15.2. The van der Waals surface area contributed by atoms with E-state index in [0.29, 0.717) is 12.5 Å². The minimum Gasteiger partial charge on any atom is -0.340 e. The number of amides is 2. The molecule has 1 aromatic rings. The van der Waals surface area contributed by atoms with Crippen LogP contribution in [0.25, 0.3) is 0 Å². The fourth-order valence-electron chi connectivity index (χ4n) is 5.56. The van der Waals surface area contributed by atoms with Gasteiger partial charge in [-0.3, -0.25) is 9.59 Å². The van der Waals surface area contributed by atoms with Crippen molar-refractivity contribution in [2.75, 3.05) is 32.7 Å². The summed E-state index contributed by atoms with van der Waals surface area (Å²) in [6, 6.07) is 8.87. The van der Waals surface area contributed by atoms with E-state index in [1.807, 2.05) is 4.90 Å². The number of aryl methyl sites for hydroxylation is 1. The van der Waals surface area contributed by atoms with Gasteiger partial charge in [0, 0.05) is 43.6 Å². The zero-order valence-electron chi connectivity index (χ0n) is 15.2. The summed E-state index contributed by atoms with van der Waals surface area (Å²) >= 11 is 0. The molecule has 138 valence electrons. The van der Waals surface area contributed by atoms with Crippen molar-refractivity contribution in [1.29, 1.82) is 0 Å². The Morgan fingerprint density at radius 2 is 2.12 bits per heavy atom. The first-order valence-corrected chi connectivity index (χ1v) is 10.1. The highest BCUT2D eigenvalue weighted by molar-refractivity contribution is 5.85. The van der Waals surface area contributed by atoms with Crippen LogP contribution in [-0.2, 0) is 21.4 Å². The lowest BCUT2D eigenvalue weighted by atomic mass is 9.94. The van der Waals surface area contributed by atoms with E-state index in [4.69, 9.17) is 0 Å². The number of carbonyl (C=O) groups excluding carboxylic acids is 2. The van der Waals surface area contributed by atoms with Crippen LogP contribution in [0.4, 0.5) is 0 Å². The molecule has 26 heavy (non-hydrogen) atoms. The molecule has 1 saturated carbocycles. The van der Waals surface area contributed by atoms with Crippen molar-refractivity contribution in [3.05, 3.63) is 35.4 Å². The van der Waals surface area contributed by atoms with Gasteiger partial charge in [-0.25, -0.2) is 0 Å². The fourth-order valence-corrected chi connectivity index (χ4v) is 5.56. The molecule has 5 nitrogen and oxygen atoms in total. The molecule has 3 atom stereocenters. The Kier molecular flexibility index (Phi) is 3.82. The van der Waals surface area contributed by atoms with Crippen molar-refractivity contribution in [2.45, 2.75) is 43.6 Å². The lowest BCUT2D eigenvalue weighted by Gasteiger charge is -2.41. The van der Waals surface area contributed by atoms with Crippen LogP contribution in [0.5, 0.6) is 0 Å². The van der Waals surface area contributed by atoms with E-state index in [-0.39, 0.29) is 23.3 Å². The maximum atomic E-state index is 13.3. The Balaban J connectivity index is 1.29. The van der Waals surface area contributed by atoms with E-state index in [9.17, 15) is 9.59 Å². The van der Waals surface area contributed by atoms with Crippen LogP contribution in [0.3, 0.4) is 0 Å². The van der Waals surface area contributed by atoms with Gasteiger partial charge in [-0.1, -0.05) is 24.3 Å². The van der Waals surface area contributed by atoms with Crippen LogP contribution < -0.4 is 5.32 Å². The summed E-state index contributed by atoms with van der Waals surface area (Å²) in [5, 5.41) is 3.14. The first-order chi connectivity index (χ1) is 12.7. The highest BCUT2D eigenvalue weighted by Crippen LogP contribution is 2.62. The van der Waals surface area contributed by atoms with Crippen LogP contribution in [0.2, 0.25) is 0 Å². The summed E-state index contributed by atoms with van der Waals surface area (Å²) in [5.41, 5.74) is 2.97. The lowest BCUT2D eigenvalue weighted by Crippen LogP contribution is -2.57. The van der Waals surface area contributed by atoms with Crippen LogP contribution in [0, 0.1) is 5.92 Å². The molecule has 1 aromatic carbocycles. The summed E-state index contributed by atoms with van der Waals surface area (Å²) in [6.45, 7) is 3.64. The minimum absolute atomic E-state index is 0.117. The number of hydrogen-bond donors (Lipinski definition) is 1. The predicted octanol–water partition coefficient (Wildman–Crippen LogP) is 1.31. The molecule has 4 aliphatic rings. The Labute approximate surface area is 154 Å². The number of piperazine rings is 1. The summed E-state index contributed by atoms with van der Waals surface area (Å²) in [7, 11) is 0. The van der Waals surface area contributed by atoms with Gasteiger partial charge in [-0.05, 0) is 43.2 Å². The van der Waals surface area contributed by atoms with Crippen molar-refractivity contribution in [3.8, 4) is 0 Å². The Bertz CT molecular complexity index is 749. The van der Waals surface area contributed by atoms with Gasteiger partial charge in [-0.2, -0.15) is 0 Å². The lowest BCUT2D eigenvalue weighted by molar-refractivity contribution is -0.141. The summed E-state index contributed by atoms with van der Waals surface area (Å²) in [4.78, 5) is 29.5. The highest BCUT2D eigenvalue weighted by atomic mass is 16.2. The molecule has 2 aliphatic carbocycles. The Hall–Kier alpha value is -1.88. The molecule has 2 amide bonds. The third-order valence-corrected chi connectivity index (χ3v) is 7.04. The second-order valence-electron chi connectivity index (χ2n) is 8.41. The SMILES string of the molecule is O=C(C1CC12CCc1ccccc12)N1CCCC(N2CCNCC2=O)C1. The monoisotopic (exact) mass is 353 g/mol. The number of hydrogen-bond acceptors (Lipinski definition) is 3. The maximum absolute atomic E-state index is 13.3. The predicted molar refractivity (Wildman–Crippen MR) is 98.7 cm³/mol. The van der Waals surface area contributed by atoms with Crippen molar-refractivity contribution in [1.82, 2.24) is 15.1 Å². The van der Waals surface area contributed by atoms with Gasteiger partial charge in [0.2, 0.25) is 11.8 Å². The molecule has 2 saturated heterocycles. The minimum atomic E-state index is 0.117. The smallest absolute Gasteiger partial charge is 0.236 e. The van der Waals surface area contributed by atoms with Crippen LogP contribution in [0.15, 0.2) is 24.3 Å². The van der Waals surface area contributed by atoms with Gasteiger partial charge < -0.3 is 15.1 Å². The number of likely N-dealkylation sites (tertiary alicyclic amines) is 1. The molecule has 2 aliphatic heterocycles. The molecule has 3 unspecified atom stereocenters. The fraction of sp³-hybridized carbons (Fsp3) is 0.619. The maximum Gasteiger partial charge on any atom is 0.236 e. The molecule has 1 N–H and O–H groups in total. The van der Waals surface area contributed by atoms with E-state index in [0.717, 1.165) is 58.3 Å². The molecular weight excluding hydrogens is 326 g/mol. The second-order valence-corrected chi connectivity index (χ2v) is 8.41. The van der Waals surface area contributed by atoms with Crippen molar-refractivity contribution < 1.29 is 9.59 Å². The first kappa shape index (κ1) is 16.3. The van der Waals surface area contributed by atoms with Crippen molar-refractivity contribution >= 4 is 11.8 Å². The number of carbonyl (C=O) groups is 2. The zero-order chi connectivity index (χ0) is 17.7. The average molecular weight is 353 g/mol. The van der Waals surface area contributed by atoms with Crippen LogP contribution >= 0.6 is 0 Å². The third kappa shape index (κ3) is 2.48. The van der Waals surface area contributed by atoms with Gasteiger partial charge >= 0.3 is 0 Å². The standard InChI is InChI=1S/C21H27N3O2/c25-19-13-22-9-11-24(19)16-5-3-10-23(14-16)20(26)18-12-21(18)8-7-15-4-1-2-6-17(15)21/h1-2,4,6,16,18,22H,3,5,7-14H2. The summed E-state index contributed by atoms with van der Waals surface area (Å²) < 4.78 is 0. The van der Waals surface area contributed by atoms with E-state index < -0.39 is 0 Å². The van der Waals surface area contributed by atoms with Gasteiger partial charge in [0.25, 0.3) is 0 Å². The molecule has 0 radical (unpaired) electrons. The molecule has 0 aromatic heterocycles. The molecule has 2 heterocycles. The van der Waals surface area contributed by atoms with E-state index in [1.165, 1.54) is 11.1 Å². The number of rotatable bonds is 2. The van der Waals surface area contributed by atoms with E-state index in [1.54, 1.807) is 0 Å². The largest absolute Gasteiger partial charge is 0.340 e. The van der Waals surface area contributed by atoms with Crippen molar-refractivity contribution in [3.63, 3.8) is 0 Å². The number of fused-ring (bicyclic) bond motifs is 2. The van der Waals surface area contributed by atoms with Crippen molar-refractivity contribution in [2.24, 2.45) is 5.92 Å². The van der Waals surface area contributed by atoms with Gasteiger partial charge in [0.15, 0.2) is 0 Å². The number of nitrogens with zero attached hydrogens (tertiary/aromatic N) is 2. The summed E-state index contributed by atoms with van der Waals surface area (Å²) in [5.74, 6) is 0.667. The third-order valence-electron chi connectivity index (χ3n) is 7.04. The Morgan fingerprint density at radius 3 is 3.00 bits per heavy atom. The highest BCUT2D eigenvalue weighted by Gasteiger charge is 2.62. The average Bonchev–Trinajstić information content (AvgIpc) is 3.30. The topological polar surface area (TPSA) is 52.7 Å². The number of benzene rings is 1. The second kappa shape index (κ2) is 6.08. The van der Waals surface area contributed by atoms with Gasteiger partial charge in [0.1, 0.15) is 0 Å². The molecule has 0 bridgehead atoms. The molecule has 1 spiro atoms. The van der Waals surface area contributed by atoms with E-state index >= 15 is 0 Å². The van der Waals surface area contributed by atoms with Crippen LogP contribution in [0.1, 0.15) is 36.8 Å². The molecule has 5 rings (SSSR count). The normalized spacial score (nSPS) is 33.5.